The summed E-state index contributed by atoms with van der Waals surface area (Å²) >= 11 is 0. The van der Waals surface area contributed by atoms with E-state index in [1.165, 1.54) is 7.11 Å². The summed E-state index contributed by atoms with van der Waals surface area (Å²) < 4.78 is 4.97. The molecule has 88 valence electrons. The zero-order valence-corrected chi connectivity index (χ0v) is 9.19. The van der Waals surface area contributed by atoms with Crippen LogP contribution in [-0.4, -0.2) is 25.5 Å². The van der Waals surface area contributed by atoms with Gasteiger partial charge >= 0.3 is 11.8 Å². The third-order valence-electron chi connectivity index (χ3n) is 1.86. The van der Waals surface area contributed by atoms with E-state index in [0.717, 1.165) is 0 Å². The summed E-state index contributed by atoms with van der Waals surface area (Å²) in [6.45, 7) is -0.204. The molecule has 0 atom stereocenters. The molecule has 1 aromatic carbocycles. The Kier molecular flexibility index (Phi) is 4.51. The normalized spacial score (nSPS) is 8.94. The number of nitrogens with one attached hydrogen (secondary N) is 2. The maximum Gasteiger partial charge on any atom is 0.313 e. The van der Waals surface area contributed by atoms with Crippen molar-refractivity contribution in [3.8, 4) is 11.8 Å². The van der Waals surface area contributed by atoms with E-state index in [9.17, 15) is 9.59 Å². The molecule has 0 saturated carbocycles. The van der Waals surface area contributed by atoms with Gasteiger partial charge in [-0.05, 0) is 12.1 Å². The van der Waals surface area contributed by atoms with Crippen LogP contribution in [0, 0.1) is 11.3 Å². The molecule has 0 heterocycles. The Morgan fingerprint density at radius 2 is 2.18 bits per heavy atom. The van der Waals surface area contributed by atoms with Gasteiger partial charge in [0, 0.05) is 11.8 Å². The highest BCUT2D eigenvalue weighted by Gasteiger charge is 2.12. The Morgan fingerprint density at radius 1 is 1.41 bits per heavy atom. The number of benzene rings is 1. The number of carbonyl (C=O) groups is 2. The van der Waals surface area contributed by atoms with Crippen LogP contribution in [0.1, 0.15) is 0 Å². The van der Waals surface area contributed by atoms with Gasteiger partial charge in [-0.2, -0.15) is 5.26 Å². The van der Waals surface area contributed by atoms with Crippen molar-refractivity contribution in [1.82, 2.24) is 5.32 Å². The molecule has 6 heteroatoms. The molecule has 0 radical (unpaired) electrons. The predicted octanol–water partition coefficient (Wildman–Crippen LogP) is 0.273. The van der Waals surface area contributed by atoms with Crippen molar-refractivity contribution in [2.75, 3.05) is 19.0 Å². The zero-order chi connectivity index (χ0) is 12.7. The van der Waals surface area contributed by atoms with Gasteiger partial charge in [-0.3, -0.25) is 9.59 Å². The first-order valence-corrected chi connectivity index (χ1v) is 4.77. The second-order valence-electron chi connectivity index (χ2n) is 3.03. The predicted molar refractivity (Wildman–Crippen MR) is 60.2 cm³/mol. The largest absolute Gasteiger partial charge is 0.497 e. The van der Waals surface area contributed by atoms with Gasteiger partial charge in [0.05, 0.1) is 13.2 Å². The summed E-state index contributed by atoms with van der Waals surface area (Å²) in [6, 6.07) is 8.30. The van der Waals surface area contributed by atoms with Crippen LogP contribution < -0.4 is 15.4 Å². The van der Waals surface area contributed by atoms with E-state index < -0.39 is 11.8 Å². The third kappa shape index (κ3) is 3.83. The topological polar surface area (TPSA) is 91.2 Å². The van der Waals surface area contributed by atoms with Crippen LogP contribution in [0.25, 0.3) is 0 Å². The van der Waals surface area contributed by atoms with E-state index in [2.05, 4.69) is 10.6 Å². The third-order valence-corrected chi connectivity index (χ3v) is 1.86. The quantitative estimate of drug-likeness (QED) is 0.579. The number of amides is 2. The number of nitriles is 1. The van der Waals surface area contributed by atoms with E-state index in [4.69, 9.17) is 10.00 Å². The van der Waals surface area contributed by atoms with Crippen LogP contribution in [0.5, 0.6) is 5.75 Å². The van der Waals surface area contributed by atoms with E-state index in [1.54, 1.807) is 30.3 Å². The minimum absolute atomic E-state index is 0.204. The summed E-state index contributed by atoms with van der Waals surface area (Å²) in [5.74, 6) is -1.11. The van der Waals surface area contributed by atoms with Crippen LogP contribution in [0.15, 0.2) is 24.3 Å². The SMILES string of the molecule is COc1cccc(NC(=O)C(=O)NCC#N)c1. The van der Waals surface area contributed by atoms with Crippen LogP contribution in [-0.2, 0) is 9.59 Å². The maximum atomic E-state index is 11.3. The van der Waals surface area contributed by atoms with Gasteiger partial charge in [-0.25, -0.2) is 0 Å². The van der Waals surface area contributed by atoms with Crippen molar-refractivity contribution in [2.24, 2.45) is 0 Å². The first-order chi connectivity index (χ1) is 8.17. The number of anilines is 1. The number of methoxy groups -OCH3 is 1. The summed E-state index contributed by atoms with van der Waals surface area (Å²) in [7, 11) is 1.50. The van der Waals surface area contributed by atoms with E-state index >= 15 is 0 Å². The molecule has 0 spiro atoms. The minimum Gasteiger partial charge on any atom is -0.497 e. The molecule has 0 aromatic heterocycles. The first-order valence-electron chi connectivity index (χ1n) is 4.77. The lowest BCUT2D eigenvalue weighted by Crippen LogP contribution is -2.35. The molecular weight excluding hydrogens is 222 g/mol. The van der Waals surface area contributed by atoms with Crippen molar-refractivity contribution in [3.63, 3.8) is 0 Å². The highest BCUT2D eigenvalue weighted by atomic mass is 16.5. The molecule has 2 N–H and O–H groups in total. The molecule has 0 fully saturated rings. The molecule has 6 nitrogen and oxygen atoms in total. The van der Waals surface area contributed by atoms with Crippen LogP contribution in [0.2, 0.25) is 0 Å². The van der Waals surface area contributed by atoms with Gasteiger partial charge in [0.1, 0.15) is 12.3 Å². The summed E-state index contributed by atoms with van der Waals surface area (Å²) in [5, 5.41) is 12.8. The van der Waals surface area contributed by atoms with E-state index in [0.29, 0.717) is 11.4 Å². The Labute approximate surface area is 98.2 Å². The molecule has 0 aliphatic carbocycles. The maximum absolute atomic E-state index is 11.3. The molecule has 0 saturated heterocycles. The van der Waals surface area contributed by atoms with Gasteiger partial charge in [-0.1, -0.05) is 6.07 Å². The van der Waals surface area contributed by atoms with Crippen LogP contribution in [0.3, 0.4) is 0 Å². The number of hydrogen-bond acceptors (Lipinski definition) is 4. The average Bonchev–Trinajstić information content (AvgIpc) is 2.36. The fraction of sp³-hybridized carbons (Fsp3) is 0.182. The monoisotopic (exact) mass is 233 g/mol. The number of carbonyl (C=O) groups excluding carboxylic acids is 2. The number of rotatable bonds is 3. The van der Waals surface area contributed by atoms with Gasteiger partial charge in [0.15, 0.2) is 0 Å². The summed E-state index contributed by atoms with van der Waals surface area (Å²) in [4.78, 5) is 22.5. The molecule has 0 unspecified atom stereocenters. The lowest BCUT2D eigenvalue weighted by atomic mass is 10.3. The smallest absolute Gasteiger partial charge is 0.313 e. The van der Waals surface area contributed by atoms with Crippen molar-refractivity contribution in [2.45, 2.75) is 0 Å². The molecule has 0 bridgehead atoms. The second kappa shape index (κ2) is 6.12. The molecule has 0 aliphatic heterocycles. The Hall–Kier alpha value is -2.55. The standard InChI is InChI=1S/C11H11N3O3/c1-17-9-4-2-3-8(7-9)14-11(16)10(15)13-6-5-12/h2-4,7H,6H2,1H3,(H,13,15)(H,14,16). The van der Waals surface area contributed by atoms with Crippen LogP contribution in [0.4, 0.5) is 5.69 Å². The highest BCUT2D eigenvalue weighted by Crippen LogP contribution is 2.16. The lowest BCUT2D eigenvalue weighted by molar-refractivity contribution is -0.136. The second-order valence-corrected chi connectivity index (χ2v) is 3.03. The van der Waals surface area contributed by atoms with Gasteiger partial charge in [-0.15, -0.1) is 0 Å². The minimum atomic E-state index is -0.852. The molecular formula is C11H11N3O3. The summed E-state index contributed by atoms with van der Waals surface area (Å²) in [5.41, 5.74) is 0.446. The van der Waals surface area contributed by atoms with Crippen molar-refractivity contribution >= 4 is 17.5 Å². The van der Waals surface area contributed by atoms with Crippen molar-refractivity contribution in [3.05, 3.63) is 24.3 Å². The molecule has 1 rings (SSSR count). The molecule has 1 aromatic rings. The lowest BCUT2D eigenvalue weighted by Gasteiger charge is -2.06. The van der Waals surface area contributed by atoms with E-state index in [-0.39, 0.29) is 6.54 Å². The van der Waals surface area contributed by atoms with Crippen molar-refractivity contribution < 1.29 is 14.3 Å². The Bertz CT molecular complexity index is 465. The fourth-order valence-electron chi connectivity index (χ4n) is 1.09. The molecule has 17 heavy (non-hydrogen) atoms. The van der Waals surface area contributed by atoms with Gasteiger partial charge in [0.25, 0.3) is 0 Å². The zero-order valence-electron chi connectivity index (χ0n) is 9.19. The number of ether oxygens (including phenoxy) is 1. The van der Waals surface area contributed by atoms with E-state index in [1.807, 2.05) is 0 Å². The Balaban J connectivity index is 2.61. The van der Waals surface area contributed by atoms with Crippen LogP contribution >= 0.6 is 0 Å². The Morgan fingerprint density at radius 3 is 2.82 bits per heavy atom. The summed E-state index contributed by atoms with van der Waals surface area (Å²) in [6.07, 6.45) is 0. The fourth-order valence-corrected chi connectivity index (χ4v) is 1.09. The molecule has 2 amide bonds. The number of hydrogen-bond donors (Lipinski definition) is 2. The van der Waals surface area contributed by atoms with Crippen molar-refractivity contribution in [1.29, 1.82) is 5.26 Å². The highest BCUT2D eigenvalue weighted by molar-refractivity contribution is 6.39. The average molecular weight is 233 g/mol. The van der Waals surface area contributed by atoms with Gasteiger partial charge in [0.2, 0.25) is 0 Å². The van der Waals surface area contributed by atoms with Gasteiger partial charge < -0.3 is 15.4 Å². The number of nitrogens with zero attached hydrogens (tertiary/aromatic N) is 1. The molecule has 0 aliphatic rings. The first kappa shape index (κ1) is 12.5.